The quantitative estimate of drug-likeness (QED) is 0.746. The lowest BCUT2D eigenvalue weighted by Gasteiger charge is -2.11. The average Bonchev–Trinajstić information content (AvgIpc) is 2.28. The Hall–Kier alpha value is -0.860. The zero-order chi connectivity index (χ0) is 10.9. The van der Waals surface area contributed by atoms with Gasteiger partial charge in [0, 0.05) is 6.04 Å². The maximum absolute atomic E-state index is 5.90. The van der Waals surface area contributed by atoms with Crippen LogP contribution in [0.1, 0.15) is 31.7 Å². The van der Waals surface area contributed by atoms with E-state index in [0.29, 0.717) is 13.2 Å². The highest BCUT2D eigenvalue weighted by Gasteiger charge is 2.01. The molecule has 0 heterocycles. The molecule has 84 valence electrons. The van der Waals surface area contributed by atoms with E-state index in [1.807, 2.05) is 18.2 Å². The van der Waals surface area contributed by atoms with E-state index in [9.17, 15) is 0 Å². The van der Waals surface area contributed by atoms with Gasteiger partial charge in [0.1, 0.15) is 0 Å². The van der Waals surface area contributed by atoms with Crippen LogP contribution in [0.2, 0.25) is 0 Å². The smallest absolute Gasteiger partial charge is 0.0717 e. The summed E-state index contributed by atoms with van der Waals surface area (Å²) in [5, 5.41) is 0. The molecule has 0 aliphatic heterocycles. The fourth-order valence-corrected chi connectivity index (χ4v) is 1.45. The van der Waals surface area contributed by atoms with Crippen LogP contribution < -0.4 is 5.73 Å². The highest BCUT2D eigenvalue weighted by molar-refractivity contribution is 5.13. The maximum Gasteiger partial charge on any atom is 0.0717 e. The largest absolute Gasteiger partial charge is 0.375 e. The van der Waals surface area contributed by atoms with Gasteiger partial charge in [0.25, 0.3) is 0 Å². The molecule has 1 aromatic carbocycles. The van der Waals surface area contributed by atoms with Gasteiger partial charge in [-0.05, 0) is 12.0 Å². The van der Waals surface area contributed by atoms with Crippen LogP contribution in [-0.4, -0.2) is 12.6 Å². The molecule has 2 nitrogen and oxygen atoms in total. The Morgan fingerprint density at radius 3 is 2.67 bits per heavy atom. The molecule has 0 radical (unpaired) electrons. The van der Waals surface area contributed by atoms with Gasteiger partial charge >= 0.3 is 0 Å². The third kappa shape index (κ3) is 5.55. The summed E-state index contributed by atoms with van der Waals surface area (Å²) in [7, 11) is 0. The molecular weight excluding hydrogens is 186 g/mol. The minimum absolute atomic E-state index is 0.189. The number of rotatable bonds is 7. The molecule has 0 aliphatic rings. The SMILES string of the molecule is CCCC[C@@H](N)COCc1ccccc1. The molecule has 1 rings (SSSR count). The summed E-state index contributed by atoms with van der Waals surface area (Å²) >= 11 is 0. The predicted molar refractivity (Wildman–Crippen MR) is 63.6 cm³/mol. The van der Waals surface area contributed by atoms with Crippen molar-refractivity contribution in [2.75, 3.05) is 6.61 Å². The second-order valence-corrected chi connectivity index (χ2v) is 3.90. The third-order valence-corrected chi connectivity index (χ3v) is 2.37. The number of ether oxygens (including phenoxy) is 1. The highest BCUT2D eigenvalue weighted by Crippen LogP contribution is 2.03. The van der Waals surface area contributed by atoms with Gasteiger partial charge in [0.05, 0.1) is 13.2 Å². The summed E-state index contributed by atoms with van der Waals surface area (Å²) in [4.78, 5) is 0. The molecule has 0 fully saturated rings. The highest BCUT2D eigenvalue weighted by atomic mass is 16.5. The molecule has 0 aliphatic carbocycles. The molecule has 2 heteroatoms. The predicted octanol–water partition coefficient (Wildman–Crippen LogP) is 2.72. The average molecular weight is 207 g/mol. The first kappa shape index (κ1) is 12.2. The Balaban J connectivity index is 2.11. The van der Waals surface area contributed by atoms with Gasteiger partial charge in [-0.2, -0.15) is 0 Å². The maximum atomic E-state index is 5.90. The summed E-state index contributed by atoms with van der Waals surface area (Å²) in [5.74, 6) is 0. The first-order valence-electron chi connectivity index (χ1n) is 5.70. The first-order chi connectivity index (χ1) is 7.33. The summed E-state index contributed by atoms with van der Waals surface area (Å²) < 4.78 is 5.55. The number of unbranched alkanes of at least 4 members (excludes halogenated alkanes) is 1. The fourth-order valence-electron chi connectivity index (χ4n) is 1.45. The number of hydrogen-bond donors (Lipinski definition) is 1. The number of hydrogen-bond acceptors (Lipinski definition) is 2. The molecule has 1 aromatic rings. The van der Waals surface area contributed by atoms with E-state index < -0.39 is 0 Å². The van der Waals surface area contributed by atoms with Crippen molar-refractivity contribution in [3.63, 3.8) is 0 Å². The monoisotopic (exact) mass is 207 g/mol. The van der Waals surface area contributed by atoms with Crippen LogP contribution in [0.15, 0.2) is 30.3 Å². The zero-order valence-electron chi connectivity index (χ0n) is 9.49. The van der Waals surface area contributed by atoms with Crippen molar-refractivity contribution in [2.45, 2.75) is 38.8 Å². The molecule has 2 N–H and O–H groups in total. The molecule has 0 saturated carbocycles. The van der Waals surface area contributed by atoms with E-state index in [-0.39, 0.29) is 6.04 Å². The van der Waals surface area contributed by atoms with Crippen molar-refractivity contribution in [1.29, 1.82) is 0 Å². The molecule has 0 unspecified atom stereocenters. The van der Waals surface area contributed by atoms with Crippen LogP contribution in [-0.2, 0) is 11.3 Å². The molecule has 0 spiro atoms. The van der Waals surface area contributed by atoms with Gasteiger partial charge in [0.15, 0.2) is 0 Å². The van der Waals surface area contributed by atoms with E-state index in [1.54, 1.807) is 0 Å². The lowest BCUT2D eigenvalue weighted by molar-refractivity contribution is 0.105. The van der Waals surface area contributed by atoms with E-state index in [0.717, 1.165) is 6.42 Å². The van der Waals surface area contributed by atoms with E-state index in [4.69, 9.17) is 10.5 Å². The van der Waals surface area contributed by atoms with Crippen LogP contribution in [0.4, 0.5) is 0 Å². The molecule has 15 heavy (non-hydrogen) atoms. The van der Waals surface area contributed by atoms with Gasteiger partial charge in [-0.3, -0.25) is 0 Å². The molecule has 0 bridgehead atoms. The van der Waals surface area contributed by atoms with Crippen molar-refractivity contribution in [3.8, 4) is 0 Å². The van der Waals surface area contributed by atoms with Gasteiger partial charge in [-0.15, -0.1) is 0 Å². The van der Waals surface area contributed by atoms with Crippen molar-refractivity contribution in [3.05, 3.63) is 35.9 Å². The van der Waals surface area contributed by atoms with Crippen molar-refractivity contribution < 1.29 is 4.74 Å². The Morgan fingerprint density at radius 2 is 2.00 bits per heavy atom. The normalized spacial score (nSPS) is 12.7. The van der Waals surface area contributed by atoms with E-state index >= 15 is 0 Å². The topological polar surface area (TPSA) is 35.2 Å². The van der Waals surface area contributed by atoms with Gasteiger partial charge in [-0.25, -0.2) is 0 Å². The van der Waals surface area contributed by atoms with Crippen molar-refractivity contribution in [1.82, 2.24) is 0 Å². The minimum Gasteiger partial charge on any atom is -0.375 e. The van der Waals surface area contributed by atoms with Crippen LogP contribution in [0, 0.1) is 0 Å². The number of nitrogens with two attached hydrogens (primary N) is 1. The fraction of sp³-hybridized carbons (Fsp3) is 0.538. The molecule has 0 aromatic heterocycles. The summed E-state index contributed by atoms with van der Waals surface area (Å²) in [5.41, 5.74) is 7.11. The minimum atomic E-state index is 0.189. The van der Waals surface area contributed by atoms with Crippen LogP contribution in [0.3, 0.4) is 0 Å². The lowest BCUT2D eigenvalue weighted by Crippen LogP contribution is -2.25. The zero-order valence-corrected chi connectivity index (χ0v) is 9.49. The lowest BCUT2D eigenvalue weighted by atomic mass is 10.1. The summed E-state index contributed by atoms with van der Waals surface area (Å²) in [6.45, 7) is 3.51. The third-order valence-electron chi connectivity index (χ3n) is 2.37. The van der Waals surface area contributed by atoms with Gasteiger partial charge in [0.2, 0.25) is 0 Å². The van der Waals surface area contributed by atoms with Gasteiger partial charge in [-0.1, -0.05) is 50.1 Å². The second kappa shape index (κ2) is 7.43. The molecule has 0 amide bonds. The molecule has 0 saturated heterocycles. The Labute approximate surface area is 92.4 Å². The van der Waals surface area contributed by atoms with Crippen LogP contribution in [0.25, 0.3) is 0 Å². The Morgan fingerprint density at radius 1 is 1.27 bits per heavy atom. The standard InChI is InChI=1S/C13H21NO/c1-2-3-9-13(14)11-15-10-12-7-5-4-6-8-12/h4-8,13H,2-3,9-11,14H2,1H3/t13-/m1/s1. The van der Waals surface area contributed by atoms with Crippen LogP contribution >= 0.6 is 0 Å². The molecular formula is C13H21NO. The van der Waals surface area contributed by atoms with Crippen molar-refractivity contribution >= 4 is 0 Å². The summed E-state index contributed by atoms with van der Waals surface area (Å²) in [6, 6.07) is 10.4. The Bertz CT molecular complexity index is 248. The van der Waals surface area contributed by atoms with Crippen LogP contribution in [0.5, 0.6) is 0 Å². The number of benzene rings is 1. The van der Waals surface area contributed by atoms with Crippen molar-refractivity contribution in [2.24, 2.45) is 5.73 Å². The van der Waals surface area contributed by atoms with Gasteiger partial charge < -0.3 is 10.5 Å². The van der Waals surface area contributed by atoms with E-state index in [2.05, 4.69) is 19.1 Å². The second-order valence-electron chi connectivity index (χ2n) is 3.90. The first-order valence-corrected chi connectivity index (χ1v) is 5.70. The Kier molecular flexibility index (Phi) is 6.05. The summed E-state index contributed by atoms with van der Waals surface area (Å²) in [6.07, 6.45) is 3.45. The molecule has 1 atom stereocenters. The van der Waals surface area contributed by atoms with E-state index in [1.165, 1.54) is 18.4 Å².